The van der Waals surface area contributed by atoms with Crippen molar-refractivity contribution in [3.63, 3.8) is 0 Å². The van der Waals surface area contributed by atoms with E-state index in [0.717, 1.165) is 19.1 Å². The number of hydrogen-bond donors (Lipinski definition) is 0. The zero-order valence-electron chi connectivity index (χ0n) is 14.6. The van der Waals surface area contributed by atoms with E-state index in [1.807, 2.05) is 0 Å². The van der Waals surface area contributed by atoms with Crippen LogP contribution in [0.1, 0.15) is 33.6 Å². The molecular formula is C17H35N3O. The Morgan fingerprint density at radius 3 is 2.00 bits per heavy atom. The summed E-state index contributed by atoms with van der Waals surface area (Å²) in [4.78, 5) is 7.86. The molecule has 4 nitrogen and oxygen atoms in total. The molecule has 0 aromatic rings. The Morgan fingerprint density at radius 2 is 1.48 bits per heavy atom. The Kier molecular flexibility index (Phi) is 6.48. The van der Waals surface area contributed by atoms with Gasteiger partial charge in [0.25, 0.3) is 0 Å². The molecule has 2 aliphatic rings. The van der Waals surface area contributed by atoms with E-state index in [2.05, 4.69) is 35.5 Å². The summed E-state index contributed by atoms with van der Waals surface area (Å²) in [5, 5.41) is 0. The lowest BCUT2D eigenvalue weighted by atomic mass is 9.92. The predicted octanol–water partition coefficient (Wildman–Crippen LogP) is 1.76. The lowest BCUT2D eigenvalue weighted by Crippen LogP contribution is -2.51. The van der Waals surface area contributed by atoms with Gasteiger partial charge in [0, 0.05) is 51.9 Å². The van der Waals surface area contributed by atoms with Gasteiger partial charge in [0.2, 0.25) is 0 Å². The van der Waals surface area contributed by atoms with Crippen LogP contribution >= 0.6 is 0 Å². The van der Waals surface area contributed by atoms with Crippen molar-refractivity contribution in [1.82, 2.24) is 14.7 Å². The Balaban J connectivity index is 1.64. The minimum Gasteiger partial charge on any atom is -0.383 e. The lowest BCUT2D eigenvalue weighted by molar-refractivity contribution is 0.0560. The molecule has 0 aromatic carbocycles. The summed E-state index contributed by atoms with van der Waals surface area (Å²) < 4.78 is 5.17. The number of rotatable bonds is 5. The predicted molar refractivity (Wildman–Crippen MR) is 88.8 cm³/mol. The van der Waals surface area contributed by atoms with Crippen molar-refractivity contribution in [2.45, 2.75) is 39.2 Å². The van der Waals surface area contributed by atoms with E-state index in [0.29, 0.717) is 5.54 Å². The number of nitrogens with zero attached hydrogens (tertiary/aromatic N) is 3. The molecule has 4 heteroatoms. The second kappa shape index (κ2) is 7.91. The van der Waals surface area contributed by atoms with Crippen LogP contribution in [0.15, 0.2) is 0 Å². The average molecular weight is 297 g/mol. The molecule has 0 atom stereocenters. The van der Waals surface area contributed by atoms with Gasteiger partial charge in [0.1, 0.15) is 0 Å². The molecule has 0 bridgehead atoms. The van der Waals surface area contributed by atoms with E-state index >= 15 is 0 Å². The van der Waals surface area contributed by atoms with Gasteiger partial charge in [-0.1, -0.05) is 0 Å². The molecule has 0 saturated carbocycles. The SMILES string of the molecule is COCCN1CCN(CC2CCN(C(C)(C)C)CC2)CC1. The first-order valence-corrected chi connectivity index (χ1v) is 8.68. The van der Waals surface area contributed by atoms with Crippen LogP contribution in [0.5, 0.6) is 0 Å². The third kappa shape index (κ3) is 5.51. The standard InChI is InChI=1S/C17H35N3O/c1-17(2,3)20-7-5-16(6-8-20)15-19-11-9-18(10-12-19)13-14-21-4/h16H,5-15H2,1-4H3. The van der Waals surface area contributed by atoms with Gasteiger partial charge in [0.05, 0.1) is 6.61 Å². The Morgan fingerprint density at radius 1 is 0.905 bits per heavy atom. The van der Waals surface area contributed by atoms with Crippen molar-refractivity contribution >= 4 is 0 Å². The highest BCUT2D eigenvalue weighted by Crippen LogP contribution is 2.24. The Labute approximate surface area is 131 Å². The lowest BCUT2D eigenvalue weighted by Gasteiger charge is -2.43. The number of piperidine rings is 1. The van der Waals surface area contributed by atoms with Gasteiger partial charge in [-0.15, -0.1) is 0 Å². The van der Waals surface area contributed by atoms with E-state index < -0.39 is 0 Å². The monoisotopic (exact) mass is 297 g/mol. The van der Waals surface area contributed by atoms with Gasteiger partial charge in [0.15, 0.2) is 0 Å². The second-order valence-electron chi connectivity index (χ2n) is 7.74. The van der Waals surface area contributed by atoms with Gasteiger partial charge in [-0.2, -0.15) is 0 Å². The average Bonchev–Trinajstić information content (AvgIpc) is 2.46. The van der Waals surface area contributed by atoms with Crippen molar-refractivity contribution in [2.75, 3.05) is 66.1 Å². The summed E-state index contributed by atoms with van der Waals surface area (Å²) in [6.07, 6.45) is 2.75. The summed E-state index contributed by atoms with van der Waals surface area (Å²) in [5.74, 6) is 0.911. The maximum atomic E-state index is 5.17. The summed E-state index contributed by atoms with van der Waals surface area (Å²) in [6, 6.07) is 0. The maximum Gasteiger partial charge on any atom is 0.0589 e. The Hall–Kier alpha value is -0.160. The first-order chi connectivity index (χ1) is 9.99. The largest absolute Gasteiger partial charge is 0.383 e. The van der Waals surface area contributed by atoms with Crippen LogP contribution in [-0.4, -0.2) is 86.3 Å². The van der Waals surface area contributed by atoms with Gasteiger partial charge in [-0.25, -0.2) is 0 Å². The van der Waals surface area contributed by atoms with Gasteiger partial charge in [-0.05, 0) is 52.6 Å². The van der Waals surface area contributed by atoms with Crippen LogP contribution in [0, 0.1) is 5.92 Å². The fraction of sp³-hybridized carbons (Fsp3) is 1.00. The molecule has 0 radical (unpaired) electrons. The van der Waals surface area contributed by atoms with Crippen LogP contribution < -0.4 is 0 Å². The molecule has 2 rings (SSSR count). The molecule has 124 valence electrons. The number of hydrogen-bond acceptors (Lipinski definition) is 4. The van der Waals surface area contributed by atoms with E-state index in [9.17, 15) is 0 Å². The smallest absolute Gasteiger partial charge is 0.0589 e. The van der Waals surface area contributed by atoms with E-state index in [1.165, 1.54) is 58.7 Å². The van der Waals surface area contributed by atoms with Crippen LogP contribution in [0.3, 0.4) is 0 Å². The molecule has 2 heterocycles. The topological polar surface area (TPSA) is 19.0 Å². The minimum absolute atomic E-state index is 0.345. The molecule has 21 heavy (non-hydrogen) atoms. The molecule has 0 spiro atoms. The number of piperazine rings is 1. The molecule has 2 fully saturated rings. The fourth-order valence-corrected chi connectivity index (χ4v) is 3.57. The minimum atomic E-state index is 0.345. The number of ether oxygens (including phenoxy) is 1. The van der Waals surface area contributed by atoms with Gasteiger partial charge >= 0.3 is 0 Å². The highest BCUT2D eigenvalue weighted by molar-refractivity contribution is 4.83. The fourth-order valence-electron chi connectivity index (χ4n) is 3.57. The first kappa shape index (κ1) is 17.2. The van der Waals surface area contributed by atoms with E-state index in [4.69, 9.17) is 4.74 Å². The summed E-state index contributed by atoms with van der Waals surface area (Å²) in [7, 11) is 1.79. The molecule has 2 saturated heterocycles. The summed E-state index contributed by atoms with van der Waals surface area (Å²) >= 11 is 0. The van der Waals surface area contributed by atoms with Crippen LogP contribution in [0.2, 0.25) is 0 Å². The van der Waals surface area contributed by atoms with Crippen molar-refractivity contribution in [3.05, 3.63) is 0 Å². The van der Waals surface area contributed by atoms with Crippen LogP contribution in [0.25, 0.3) is 0 Å². The summed E-state index contributed by atoms with van der Waals surface area (Å²) in [6.45, 7) is 17.8. The first-order valence-electron chi connectivity index (χ1n) is 8.68. The highest BCUT2D eigenvalue weighted by atomic mass is 16.5. The molecule has 0 aliphatic carbocycles. The van der Waals surface area contributed by atoms with Crippen molar-refractivity contribution < 1.29 is 4.74 Å². The number of methoxy groups -OCH3 is 1. The van der Waals surface area contributed by atoms with Crippen LogP contribution in [0.4, 0.5) is 0 Å². The molecule has 0 aromatic heterocycles. The van der Waals surface area contributed by atoms with Crippen LogP contribution in [-0.2, 0) is 4.74 Å². The van der Waals surface area contributed by atoms with Crippen molar-refractivity contribution in [2.24, 2.45) is 5.92 Å². The number of likely N-dealkylation sites (tertiary alicyclic amines) is 1. The van der Waals surface area contributed by atoms with Gasteiger partial charge in [-0.3, -0.25) is 9.80 Å². The molecule has 2 aliphatic heterocycles. The highest BCUT2D eigenvalue weighted by Gasteiger charge is 2.28. The van der Waals surface area contributed by atoms with Gasteiger partial charge < -0.3 is 9.64 Å². The molecule has 0 N–H and O–H groups in total. The Bertz CT molecular complexity index is 287. The van der Waals surface area contributed by atoms with E-state index in [-0.39, 0.29) is 0 Å². The normalized spacial score (nSPS) is 24.6. The van der Waals surface area contributed by atoms with Crippen molar-refractivity contribution in [3.8, 4) is 0 Å². The summed E-state index contributed by atoms with van der Waals surface area (Å²) in [5.41, 5.74) is 0.345. The van der Waals surface area contributed by atoms with Crippen molar-refractivity contribution in [1.29, 1.82) is 0 Å². The zero-order valence-corrected chi connectivity index (χ0v) is 14.6. The quantitative estimate of drug-likeness (QED) is 0.770. The second-order valence-corrected chi connectivity index (χ2v) is 7.74. The molecule has 0 amide bonds. The maximum absolute atomic E-state index is 5.17. The van der Waals surface area contributed by atoms with E-state index in [1.54, 1.807) is 7.11 Å². The molecular weight excluding hydrogens is 262 g/mol. The third-order valence-corrected chi connectivity index (χ3v) is 5.16. The molecule has 0 unspecified atom stereocenters. The third-order valence-electron chi connectivity index (χ3n) is 5.16. The zero-order chi connectivity index (χ0) is 15.3.